The number of hydrogen-bond acceptors (Lipinski definition) is 3. The maximum Gasteiger partial charge on any atom is 0.246 e. The summed E-state index contributed by atoms with van der Waals surface area (Å²) in [5.41, 5.74) is 4.46. The lowest BCUT2D eigenvalue weighted by atomic mass is 10.1. The molecular formula is C28H27ClN4O2. The number of anilines is 1. The van der Waals surface area contributed by atoms with Crippen LogP contribution in [0.3, 0.4) is 0 Å². The van der Waals surface area contributed by atoms with Crippen LogP contribution in [0.5, 0.6) is 0 Å². The van der Waals surface area contributed by atoms with E-state index in [1.165, 1.54) is 0 Å². The first-order valence-corrected chi connectivity index (χ1v) is 11.8. The molecule has 0 saturated heterocycles. The van der Waals surface area contributed by atoms with Crippen LogP contribution in [0.25, 0.3) is 16.9 Å². The highest BCUT2D eigenvalue weighted by Crippen LogP contribution is 2.26. The Balaban J connectivity index is 1.56. The van der Waals surface area contributed by atoms with Gasteiger partial charge in [-0.1, -0.05) is 66.2 Å². The molecule has 2 amide bonds. The number of aryl methyl sites for hydroxylation is 1. The molecule has 1 heterocycles. The topological polar surface area (TPSA) is 67.2 Å². The SMILES string of the molecule is CCN(CC(=O)Nc1nc(-c2ccc(Cl)cc2)cn1-c1cccc(C)c1)C(=O)Cc1ccccc1. The maximum atomic E-state index is 13.0. The van der Waals surface area contributed by atoms with Gasteiger partial charge in [-0.25, -0.2) is 4.98 Å². The minimum atomic E-state index is -0.310. The van der Waals surface area contributed by atoms with E-state index >= 15 is 0 Å². The van der Waals surface area contributed by atoms with Crippen molar-refractivity contribution in [1.29, 1.82) is 0 Å². The van der Waals surface area contributed by atoms with Gasteiger partial charge in [-0.2, -0.15) is 0 Å². The summed E-state index contributed by atoms with van der Waals surface area (Å²) in [5, 5.41) is 3.55. The standard InChI is InChI=1S/C28H27ClN4O2/c1-3-32(27(35)17-21-9-5-4-6-10-21)19-26(34)31-28-30-25(22-12-14-23(29)15-13-22)18-33(28)24-11-7-8-20(2)16-24/h4-16,18H,3,17,19H2,1-2H3,(H,30,31,34). The van der Waals surface area contributed by atoms with Gasteiger partial charge in [0.1, 0.15) is 0 Å². The number of aromatic nitrogens is 2. The lowest BCUT2D eigenvalue weighted by Gasteiger charge is -2.20. The molecule has 0 aliphatic rings. The van der Waals surface area contributed by atoms with E-state index in [9.17, 15) is 9.59 Å². The molecule has 35 heavy (non-hydrogen) atoms. The predicted molar refractivity (Wildman–Crippen MR) is 140 cm³/mol. The summed E-state index contributed by atoms with van der Waals surface area (Å²) in [6.07, 6.45) is 2.13. The van der Waals surface area contributed by atoms with Crippen molar-refractivity contribution in [3.05, 3.63) is 101 Å². The Morgan fingerprint density at radius 3 is 2.43 bits per heavy atom. The molecule has 3 aromatic carbocycles. The lowest BCUT2D eigenvalue weighted by molar-refractivity contribution is -0.133. The van der Waals surface area contributed by atoms with E-state index in [0.29, 0.717) is 23.2 Å². The summed E-state index contributed by atoms with van der Waals surface area (Å²) >= 11 is 6.04. The molecule has 4 rings (SSSR count). The number of imidazole rings is 1. The molecule has 178 valence electrons. The van der Waals surface area contributed by atoms with E-state index in [0.717, 1.165) is 22.4 Å². The molecule has 0 unspecified atom stereocenters. The first-order valence-electron chi connectivity index (χ1n) is 11.5. The van der Waals surface area contributed by atoms with E-state index in [2.05, 4.69) is 10.3 Å². The van der Waals surface area contributed by atoms with Gasteiger partial charge in [0.25, 0.3) is 0 Å². The molecule has 0 atom stereocenters. The van der Waals surface area contributed by atoms with Crippen LogP contribution in [0.2, 0.25) is 5.02 Å². The summed E-state index contributed by atoms with van der Waals surface area (Å²) in [7, 11) is 0. The van der Waals surface area contributed by atoms with Gasteiger partial charge in [-0.05, 0) is 49.2 Å². The van der Waals surface area contributed by atoms with Crippen LogP contribution in [0.4, 0.5) is 5.95 Å². The number of benzene rings is 3. The fourth-order valence-electron chi connectivity index (χ4n) is 3.80. The second-order valence-corrected chi connectivity index (χ2v) is 8.72. The fourth-order valence-corrected chi connectivity index (χ4v) is 3.92. The Morgan fingerprint density at radius 2 is 1.74 bits per heavy atom. The molecule has 0 spiro atoms. The second-order valence-electron chi connectivity index (χ2n) is 8.28. The number of carbonyl (C=O) groups excluding carboxylic acids is 2. The van der Waals surface area contributed by atoms with Crippen molar-refractivity contribution in [3.8, 4) is 16.9 Å². The number of rotatable bonds is 8. The number of hydrogen-bond donors (Lipinski definition) is 1. The number of halogens is 1. The van der Waals surface area contributed by atoms with Crippen LogP contribution in [-0.2, 0) is 16.0 Å². The summed E-state index contributed by atoms with van der Waals surface area (Å²) in [6.45, 7) is 4.25. The van der Waals surface area contributed by atoms with E-state index < -0.39 is 0 Å². The van der Waals surface area contributed by atoms with Crippen LogP contribution < -0.4 is 5.32 Å². The van der Waals surface area contributed by atoms with Crippen LogP contribution >= 0.6 is 11.6 Å². The van der Waals surface area contributed by atoms with Crippen molar-refractivity contribution in [2.75, 3.05) is 18.4 Å². The second kappa shape index (κ2) is 11.0. The first-order chi connectivity index (χ1) is 16.9. The Morgan fingerprint density at radius 1 is 1.00 bits per heavy atom. The van der Waals surface area contributed by atoms with Crippen LogP contribution in [0.15, 0.2) is 85.1 Å². The highest BCUT2D eigenvalue weighted by atomic mass is 35.5. The Labute approximate surface area is 210 Å². The number of likely N-dealkylation sites (N-methyl/N-ethyl adjacent to an activating group) is 1. The molecule has 1 N–H and O–H groups in total. The van der Waals surface area contributed by atoms with E-state index in [1.54, 1.807) is 17.0 Å². The van der Waals surface area contributed by atoms with Gasteiger partial charge in [0.15, 0.2) is 0 Å². The fraction of sp³-hybridized carbons (Fsp3) is 0.179. The van der Waals surface area contributed by atoms with Crippen molar-refractivity contribution >= 4 is 29.4 Å². The molecule has 1 aromatic heterocycles. The molecule has 4 aromatic rings. The Hall–Kier alpha value is -3.90. The van der Waals surface area contributed by atoms with Crippen molar-refractivity contribution in [2.24, 2.45) is 0 Å². The van der Waals surface area contributed by atoms with E-state index in [1.807, 2.05) is 91.3 Å². The quantitative estimate of drug-likeness (QED) is 0.356. The zero-order valence-corrected chi connectivity index (χ0v) is 20.5. The van der Waals surface area contributed by atoms with Crippen molar-refractivity contribution < 1.29 is 9.59 Å². The van der Waals surface area contributed by atoms with Crippen LogP contribution in [-0.4, -0.2) is 39.4 Å². The first kappa shape index (κ1) is 24.2. The number of nitrogens with zero attached hydrogens (tertiary/aromatic N) is 3. The molecule has 0 aliphatic heterocycles. The third-order valence-corrected chi connectivity index (χ3v) is 5.90. The largest absolute Gasteiger partial charge is 0.333 e. The van der Waals surface area contributed by atoms with Crippen molar-refractivity contribution in [3.63, 3.8) is 0 Å². The molecule has 0 radical (unpaired) electrons. The summed E-state index contributed by atoms with van der Waals surface area (Å²) in [4.78, 5) is 32.0. The molecule has 0 saturated carbocycles. The number of amides is 2. The van der Waals surface area contributed by atoms with Crippen molar-refractivity contribution in [2.45, 2.75) is 20.3 Å². The molecule has 0 aliphatic carbocycles. The van der Waals surface area contributed by atoms with E-state index in [4.69, 9.17) is 11.6 Å². The van der Waals surface area contributed by atoms with E-state index in [-0.39, 0.29) is 24.8 Å². The lowest BCUT2D eigenvalue weighted by Crippen LogP contribution is -2.39. The summed E-state index contributed by atoms with van der Waals surface area (Å²) in [6, 6.07) is 24.8. The minimum Gasteiger partial charge on any atom is -0.333 e. The van der Waals surface area contributed by atoms with Gasteiger partial charge in [0.2, 0.25) is 17.8 Å². The molecule has 6 nitrogen and oxygen atoms in total. The minimum absolute atomic E-state index is 0.0564. The maximum absolute atomic E-state index is 13.0. The number of carbonyl (C=O) groups is 2. The average Bonchev–Trinajstić information content (AvgIpc) is 3.27. The third-order valence-electron chi connectivity index (χ3n) is 5.64. The highest BCUT2D eigenvalue weighted by molar-refractivity contribution is 6.30. The van der Waals surface area contributed by atoms with Gasteiger partial charge in [-0.15, -0.1) is 0 Å². The normalized spacial score (nSPS) is 10.7. The number of nitrogens with one attached hydrogen (secondary N) is 1. The average molecular weight is 487 g/mol. The monoisotopic (exact) mass is 486 g/mol. The Kier molecular flexibility index (Phi) is 7.63. The zero-order valence-electron chi connectivity index (χ0n) is 19.7. The van der Waals surface area contributed by atoms with Gasteiger partial charge < -0.3 is 4.90 Å². The van der Waals surface area contributed by atoms with Gasteiger partial charge in [0.05, 0.1) is 18.7 Å². The molecular weight excluding hydrogens is 460 g/mol. The van der Waals surface area contributed by atoms with Gasteiger partial charge in [-0.3, -0.25) is 19.5 Å². The predicted octanol–water partition coefficient (Wildman–Crippen LogP) is 5.53. The smallest absolute Gasteiger partial charge is 0.246 e. The molecule has 0 bridgehead atoms. The summed E-state index contributed by atoms with van der Waals surface area (Å²) in [5.74, 6) is -0.0229. The van der Waals surface area contributed by atoms with Gasteiger partial charge >= 0.3 is 0 Å². The van der Waals surface area contributed by atoms with Gasteiger partial charge in [0, 0.05) is 29.0 Å². The van der Waals surface area contributed by atoms with Crippen LogP contribution in [0, 0.1) is 6.92 Å². The summed E-state index contributed by atoms with van der Waals surface area (Å²) < 4.78 is 1.84. The van der Waals surface area contributed by atoms with Crippen LogP contribution in [0.1, 0.15) is 18.1 Å². The third kappa shape index (κ3) is 6.16. The Bertz CT molecular complexity index is 1320. The van der Waals surface area contributed by atoms with Crippen molar-refractivity contribution in [1.82, 2.24) is 14.5 Å². The zero-order chi connectivity index (χ0) is 24.8. The highest BCUT2D eigenvalue weighted by Gasteiger charge is 2.19. The molecule has 0 fully saturated rings. The molecule has 7 heteroatoms.